The summed E-state index contributed by atoms with van der Waals surface area (Å²) in [6, 6.07) is 23.9. The lowest BCUT2D eigenvalue weighted by Gasteiger charge is -2.43. The number of piperidine rings is 2. The highest BCUT2D eigenvalue weighted by Crippen LogP contribution is 2.40. The third-order valence-corrected chi connectivity index (χ3v) is 15.5. The van der Waals surface area contributed by atoms with Gasteiger partial charge in [0.2, 0.25) is 0 Å². The smallest absolute Gasteiger partial charge is 0.130 e. The second-order valence-corrected chi connectivity index (χ2v) is 20.3. The van der Waals surface area contributed by atoms with Crippen LogP contribution in [0, 0.1) is 19.8 Å². The van der Waals surface area contributed by atoms with E-state index in [1.165, 1.54) is 85.9 Å². The summed E-state index contributed by atoms with van der Waals surface area (Å²) in [5.41, 5.74) is 9.62. The maximum atomic E-state index is 9.79. The summed E-state index contributed by atoms with van der Waals surface area (Å²) in [5.74, 6) is 6.55. The number of aromatic hydroxyl groups is 1. The van der Waals surface area contributed by atoms with Gasteiger partial charge in [0.15, 0.2) is 0 Å². The summed E-state index contributed by atoms with van der Waals surface area (Å²) in [7, 11) is 8.62. The van der Waals surface area contributed by atoms with E-state index in [0.717, 1.165) is 110 Å². The standard InChI is InChI=1S/C24H35NO2.C21H27NO2.C17H26N2O2.2C2H6/c1-7-9-19(10-8-2)20-13-15-25(16-14-20)17-21-11-12-22(26-5)23(18(3)4)24(21)27-6;1-16-20(23-2)10-9-19(21(16)24-3)15-22-13-11-18(12-14-22)17-7-5-4-6-8-17;1-13-16(20)7-6-14(17(13)21-2)12-18-8-10-19(11-9-18)15-4-3-5-15;2*1-2/h7-12,18,20H,1,13-17H2,2-6H3;4-10,18H,11-15H2,1-3H3;6-7,15,20H,3-5,8-12H2,1-2H3;2*1-2H3/b10-8-,19-9+;;;;. The van der Waals surface area contributed by atoms with Gasteiger partial charge in [-0.1, -0.05) is 127 Å². The van der Waals surface area contributed by atoms with Gasteiger partial charge >= 0.3 is 0 Å². The molecule has 0 bridgehead atoms. The van der Waals surface area contributed by atoms with Crippen LogP contribution in [-0.4, -0.2) is 119 Å². The van der Waals surface area contributed by atoms with Crippen LogP contribution >= 0.6 is 0 Å². The molecule has 0 unspecified atom stereocenters. The Morgan fingerprint density at radius 1 is 0.592 bits per heavy atom. The van der Waals surface area contributed by atoms with Gasteiger partial charge in [-0.3, -0.25) is 19.6 Å². The quantitative estimate of drug-likeness (QED) is 0.103. The van der Waals surface area contributed by atoms with E-state index in [1.54, 1.807) is 41.6 Å². The minimum absolute atomic E-state index is 0.311. The molecule has 4 aromatic carbocycles. The van der Waals surface area contributed by atoms with Crippen LogP contribution in [0.25, 0.3) is 0 Å². The summed E-state index contributed by atoms with van der Waals surface area (Å²) >= 11 is 0. The molecular weight excluding hydrogens is 945 g/mol. The number of piperazine rings is 1. The summed E-state index contributed by atoms with van der Waals surface area (Å²) < 4.78 is 27.9. The van der Waals surface area contributed by atoms with Crippen LogP contribution in [0.3, 0.4) is 0 Å². The predicted molar refractivity (Wildman–Crippen MR) is 319 cm³/mol. The van der Waals surface area contributed by atoms with Gasteiger partial charge in [-0.05, 0) is 133 Å². The summed E-state index contributed by atoms with van der Waals surface area (Å²) in [4.78, 5) is 10.2. The Kier molecular flexibility index (Phi) is 28.1. The third kappa shape index (κ3) is 17.6. The van der Waals surface area contributed by atoms with Crippen molar-refractivity contribution in [2.24, 2.45) is 5.92 Å². The molecule has 420 valence electrons. The van der Waals surface area contributed by atoms with E-state index in [2.05, 4.69) is 121 Å². The Labute approximate surface area is 461 Å². The second-order valence-electron chi connectivity index (χ2n) is 20.3. The SMILES string of the molecule is C=C/C=C(\C=C/C)C1CCN(Cc2ccc(OC)c(C(C)C)c2OC)CC1.CC.CC.COc1c(CN2CCN(C3CCC3)CC2)ccc(O)c1C.COc1ccc(CN2CCC(c3ccccc3)CC2)c(OC)c1C. The van der Waals surface area contributed by atoms with E-state index in [4.69, 9.17) is 23.7 Å². The number of phenolic OH excluding ortho intramolecular Hbond substituents is 1. The molecular formula is C66H100N4O6. The normalized spacial score (nSPS) is 17.1. The Bertz CT molecular complexity index is 2350. The van der Waals surface area contributed by atoms with Crippen molar-refractivity contribution < 1.29 is 28.8 Å². The Hall–Kier alpha value is -5.26. The maximum Gasteiger partial charge on any atom is 0.130 e. The van der Waals surface area contributed by atoms with E-state index in [9.17, 15) is 5.11 Å². The molecule has 1 N–H and O–H groups in total. The van der Waals surface area contributed by atoms with E-state index >= 15 is 0 Å². The molecule has 0 amide bonds. The number of allylic oxidation sites excluding steroid dienone is 5. The molecule has 76 heavy (non-hydrogen) atoms. The molecule has 1 saturated carbocycles. The zero-order chi connectivity index (χ0) is 55.6. The first kappa shape index (κ1) is 63.3. The van der Waals surface area contributed by atoms with Crippen LogP contribution in [0.5, 0.6) is 34.5 Å². The molecule has 0 spiro atoms. The van der Waals surface area contributed by atoms with Crippen molar-refractivity contribution >= 4 is 0 Å². The largest absolute Gasteiger partial charge is 0.508 e. The summed E-state index contributed by atoms with van der Waals surface area (Å²) in [5, 5.41) is 9.79. The van der Waals surface area contributed by atoms with Crippen molar-refractivity contribution in [3.8, 4) is 34.5 Å². The molecule has 3 saturated heterocycles. The molecule has 8 rings (SSSR count). The zero-order valence-corrected chi connectivity index (χ0v) is 49.7. The number of methoxy groups -OCH3 is 5. The van der Waals surface area contributed by atoms with E-state index in [0.29, 0.717) is 23.5 Å². The van der Waals surface area contributed by atoms with Gasteiger partial charge in [-0.2, -0.15) is 0 Å². The van der Waals surface area contributed by atoms with Crippen LogP contribution in [0.1, 0.15) is 144 Å². The monoisotopic (exact) mass is 1040 g/mol. The molecule has 4 aromatic rings. The topological polar surface area (TPSA) is 79.3 Å². The van der Waals surface area contributed by atoms with Gasteiger partial charge in [0.05, 0.1) is 35.5 Å². The fourth-order valence-corrected chi connectivity index (χ4v) is 11.2. The van der Waals surface area contributed by atoms with Crippen LogP contribution in [-0.2, 0) is 19.6 Å². The zero-order valence-electron chi connectivity index (χ0n) is 49.7. The Morgan fingerprint density at radius 3 is 1.55 bits per heavy atom. The van der Waals surface area contributed by atoms with Crippen molar-refractivity contribution in [2.75, 3.05) is 87.9 Å². The van der Waals surface area contributed by atoms with Crippen molar-refractivity contribution in [2.45, 2.75) is 145 Å². The number of rotatable bonds is 17. The first-order valence-corrected chi connectivity index (χ1v) is 28.7. The van der Waals surface area contributed by atoms with E-state index in [1.807, 2.05) is 52.8 Å². The lowest BCUT2D eigenvalue weighted by Crippen LogP contribution is -2.51. The Morgan fingerprint density at radius 2 is 1.08 bits per heavy atom. The lowest BCUT2D eigenvalue weighted by molar-refractivity contribution is 0.0584. The van der Waals surface area contributed by atoms with Crippen molar-refractivity contribution in [1.82, 2.24) is 19.6 Å². The average molecular weight is 1050 g/mol. The molecule has 3 aliphatic heterocycles. The van der Waals surface area contributed by atoms with Crippen molar-refractivity contribution in [3.63, 3.8) is 0 Å². The molecule has 1 aliphatic carbocycles. The highest BCUT2D eigenvalue weighted by molar-refractivity contribution is 5.52. The minimum atomic E-state index is 0.311. The molecule has 3 heterocycles. The number of nitrogens with zero attached hydrogens (tertiary/aromatic N) is 4. The number of hydrogen-bond acceptors (Lipinski definition) is 10. The van der Waals surface area contributed by atoms with Gasteiger partial charge in [0.25, 0.3) is 0 Å². The minimum Gasteiger partial charge on any atom is -0.508 e. The second kappa shape index (κ2) is 33.8. The van der Waals surface area contributed by atoms with Crippen LogP contribution in [0.2, 0.25) is 0 Å². The average Bonchev–Trinajstić information content (AvgIpc) is 3.44. The number of phenols is 1. The van der Waals surface area contributed by atoms with Crippen LogP contribution in [0.4, 0.5) is 0 Å². The molecule has 0 aromatic heterocycles. The molecule has 0 radical (unpaired) electrons. The van der Waals surface area contributed by atoms with Gasteiger partial charge in [0, 0.05) is 85.2 Å². The van der Waals surface area contributed by atoms with Gasteiger partial charge < -0.3 is 28.8 Å². The maximum absolute atomic E-state index is 9.79. The van der Waals surface area contributed by atoms with Crippen LogP contribution < -0.4 is 23.7 Å². The summed E-state index contributed by atoms with van der Waals surface area (Å²) in [6.07, 6.45) is 17.4. The molecule has 4 aliphatic rings. The van der Waals surface area contributed by atoms with Crippen molar-refractivity contribution in [1.29, 1.82) is 0 Å². The number of hydrogen-bond donors (Lipinski definition) is 1. The Balaban J connectivity index is 0.000000240. The van der Waals surface area contributed by atoms with Crippen LogP contribution in [0.15, 0.2) is 103 Å². The highest BCUT2D eigenvalue weighted by Gasteiger charge is 2.29. The van der Waals surface area contributed by atoms with Gasteiger partial charge in [0.1, 0.15) is 34.5 Å². The van der Waals surface area contributed by atoms with E-state index < -0.39 is 0 Å². The lowest BCUT2D eigenvalue weighted by atomic mass is 9.88. The first-order chi connectivity index (χ1) is 37.0. The fourth-order valence-electron chi connectivity index (χ4n) is 11.2. The highest BCUT2D eigenvalue weighted by atomic mass is 16.5. The molecule has 4 fully saturated rings. The predicted octanol–water partition coefficient (Wildman–Crippen LogP) is 14.6. The first-order valence-electron chi connectivity index (χ1n) is 28.7. The number of ether oxygens (including phenoxy) is 5. The molecule has 10 heteroatoms. The molecule has 10 nitrogen and oxygen atoms in total. The van der Waals surface area contributed by atoms with Gasteiger partial charge in [-0.15, -0.1) is 0 Å². The van der Waals surface area contributed by atoms with Crippen molar-refractivity contribution in [3.05, 3.63) is 142 Å². The van der Waals surface area contributed by atoms with E-state index in [-0.39, 0.29) is 0 Å². The number of benzene rings is 4. The summed E-state index contributed by atoms with van der Waals surface area (Å²) in [6.45, 7) is 34.1. The van der Waals surface area contributed by atoms with Gasteiger partial charge in [-0.25, -0.2) is 0 Å². The molecule has 0 atom stereocenters. The fraction of sp³-hybridized carbons (Fsp3) is 0.545. The third-order valence-electron chi connectivity index (χ3n) is 15.5. The number of likely N-dealkylation sites (tertiary alicyclic amines) is 2.